The second kappa shape index (κ2) is 6.18. The molecule has 2 heterocycles. The molecular formula is C18H15NO5S. The lowest BCUT2D eigenvalue weighted by molar-refractivity contribution is 0.0692. The highest BCUT2D eigenvalue weighted by Gasteiger charge is 2.19. The van der Waals surface area contributed by atoms with Crippen LogP contribution in [0, 0.1) is 13.8 Å². The molecule has 0 unspecified atom stereocenters. The first-order valence-corrected chi connectivity index (χ1v) is 8.26. The van der Waals surface area contributed by atoms with Crippen LogP contribution in [-0.4, -0.2) is 24.0 Å². The second-order valence-electron chi connectivity index (χ2n) is 5.73. The number of thiophene rings is 1. The monoisotopic (exact) mass is 357 g/mol. The van der Waals surface area contributed by atoms with Crippen LogP contribution in [0.2, 0.25) is 0 Å². The number of nitrogens with zero attached hydrogens (tertiary/aromatic N) is 1. The maximum absolute atomic E-state index is 12.7. The summed E-state index contributed by atoms with van der Waals surface area (Å²) in [6, 6.07) is 8.30. The van der Waals surface area contributed by atoms with Gasteiger partial charge in [0.1, 0.15) is 10.6 Å². The quantitative estimate of drug-likeness (QED) is 0.776. The molecule has 6 nitrogen and oxygen atoms in total. The molecule has 1 amide bonds. The van der Waals surface area contributed by atoms with E-state index in [2.05, 4.69) is 0 Å². The van der Waals surface area contributed by atoms with Crippen LogP contribution in [0.4, 0.5) is 5.00 Å². The standard InChI is InChI=1S/C18H15NO5S/c1-9-4-5-11(6-10(9)2)16(20)19(3)15-8-13-14(25-15)7-12(17(21)22)18(23)24-13/h4-8H,1-3H3,(H,21,22). The lowest BCUT2D eigenvalue weighted by atomic mass is 10.1. The third-order valence-corrected chi connectivity index (χ3v) is 5.17. The van der Waals surface area contributed by atoms with Gasteiger partial charge in [-0.2, -0.15) is 0 Å². The number of fused-ring (bicyclic) bond motifs is 1. The molecule has 0 aliphatic rings. The summed E-state index contributed by atoms with van der Waals surface area (Å²) in [5.74, 6) is -1.54. The molecule has 0 atom stereocenters. The summed E-state index contributed by atoms with van der Waals surface area (Å²) in [7, 11) is 1.62. The van der Waals surface area contributed by atoms with Gasteiger partial charge in [-0.1, -0.05) is 6.07 Å². The Balaban J connectivity index is 2.00. The zero-order valence-electron chi connectivity index (χ0n) is 13.8. The Bertz CT molecular complexity index is 1060. The topological polar surface area (TPSA) is 87.8 Å². The lowest BCUT2D eigenvalue weighted by Gasteiger charge is -2.15. The van der Waals surface area contributed by atoms with E-state index in [1.807, 2.05) is 26.0 Å². The summed E-state index contributed by atoms with van der Waals surface area (Å²) >= 11 is 1.19. The van der Waals surface area contributed by atoms with Crippen LogP contribution >= 0.6 is 11.3 Å². The number of carboxylic acid groups (broad SMARTS) is 1. The van der Waals surface area contributed by atoms with E-state index in [9.17, 15) is 14.4 Å². The minimum absolute atomic E-state index is 0.199. The van der Waals surface area contributed by atoms with Gasteiger partial charge in [-0.15, -0.1) is 11.3 Å². The maximum atomic E-state index is 12.7. The van der Waals surface area contributed by atoms with Crippen LogP contribution in [-0.2, 0) is 0 Å². The number of anilines is 1. The molecule has 1 aromatic carbocycles. The van der Waals surface area contributed by atoms with E-state index >= 15 is 0 Å². The van der Waals surface area contributed by atoms with Gasteiger partial charge >= 0.3 is 11.6 Å². The van der Waals surface area contributed by atoms with E-state index in [0.717, 1.165) is 11.1 Å². The molecule has 7 heteroatoms. The van der Waals surface area contributed by atoms with Gasteiger partial charge in [0.05, 0.1) is 4.70 Å². The number of benzene rings is 1. The molecule has 1 N–H and O–H groups in total. The molecule has 0 radical (unpaired) electrons. The van der Waals surface area contributed by atoms with Crippen molar-refractivity contribution < 1.29 is 19.1 Å². The minimum Gasteiger partial charge on any atom is -0.477 e. The Morgan fingerprint density at radius 3 is 2.48 bits per heavy atom. The van der Waals surface area contributed by atoms with E-state index in [4.69, 9.17) is 9.52 Å². The Morgan fingerprint density at radius 1 is 1.12 bits per heavy atom. The van der Waals surface area contributed by atoms with Gasteiger partial charge in [0.25, 0.3) is 5.91 Å². The number of carbonyl (C=O) groups is 2. The summed E-state index contributed by atoms with van der Waals surface area (Å²) in [4.78, 5) is 36.8. The van der Waals surface area contributed by atoms with Gasteiger partial charge in [0.15, 0.2) is 5.58 Å². The van der Waals surface area contributed by atoms with E-state index in [1.54, 1.807) is 19.2 Å². The van der Waals surface area contributed by atoms with Gasteiger partial charge in [-0.25, -0.2) is 9.59 Å². The van der Waals surface area contributed by atoms with Gasteiger partial charge in [0.2, 0.25) is 0 Å². The zero-order valence-corrected chi connectivity index (χ0v) is 14.6. The molecule has 2 aromatic heterocycles. The highest BCUT2D eigenvalue weighted by molar-refractivity contribution is 7.22. The third-order valence-electron chi connectivity index (χ3n) is 4.03. The number of aromatic carboxylic acids is 1. The predicted molar refractivity (Wildman–Crippen MR) is 96.0 cm³/mol. The zero-order chi connectivity index (χ0) is 18.3. The van der Waals surface area contributed by atoms with E-state index in [-0.39, 0.29) is 11.5 Å². The van der Waals surface area contributed by atoms with Gasteiger partial charge in [-0.05, 0) is 43.2 Å². The van der Waals surface area contributed by atoms with Gasteiger partial charge < -0.3 is 14.4 Å². The predicted octanol–water partition coefficient (Wildman–Crippen LogP) is 3.45. The summed E-state index contributed by atoms with van der Waals surface area (Å²) in [6.45, 7) is 3.91. The second-order valence-corrected chi connectivity index (χ2v) is 6.79. The molecule has 0 aliphatic carbocycles. The maximum Gasteiger partial charge on any atom is 0.351 e. The van der Waals surface area contributed by atoms with Crippen molar-refractivity contribution in [2.24, 2.45) is 0 Å². The first kappa shape index (κ1) is 16.9. The van der Waals surface area contributed by atoms with E-state index < -0.39 is 17.2 Å². The van der Waals surface area contributed by atoms with Crippen molar-refractivity contribution in [2.75, 3.05) is 11.9 Å². The van der Waals surface area contributed by atoms with E-state index in [0.29, 0.717) is 15.3 Å². The fourth-order valence-electron chi connectivity index (χ4n) is 2.38. The van der Waals surface area contributed by atoms with Crippen molar-refractivity contribution >= 4 is 38.5 Å². The average molecular weight is 357 g/mol. The Morgan fingerprint density at radius 2 is 1.84 bits per heavy atom. The molecule has 128 valence electrons. The largest absolute Gasteiger partial charge is 0.477 e. The molecule has 25 heavy (non-hydrogen) atoms. The smallest absolute Gasteiger partial charge is 0.351 e. The van der Waals surface area contributed by atoms with Crippen molar-refractivity contribution in [3.05, 3.63) is 63.0 Å². The highest BCUT2D eigenvalue weighted by Crippen LogP contribution is 2.32. The SMILES string of the molecule is Cc1ccc(C(=O)N(C)c2cc3oc(=O)c(C(=O)O)cc3s2)cc1C. The van der Waals surface area contributed by atoms with Crippen molar-refractivity contribution in [1.82, 2.24) is 0 Å². The number of hydrogen-bond donors (Lipinski definition) is 1. The molecule has 0 saturated heterocycles. The highest BCUT2D eigenvalue weighted by atomic mass is 32.1. The number of hydrogen-bond acceptors (Lipinski definition) is 5. The Hall–Kier alpha value is -2.93. The lowest BCUT2D eigenvalue weighted by Crippen LogP contribution is -2.25. The van der Waals surface area contributed by atoms with Gasteiger partial charge in [-0.3, -0.25) is 4.79 Å². The van der Waals surface area contributed by atoms with Gasteiger partial charge in [0, 0.05) is 18.7 Å². The number of carbonyl (C=O) groups excluding carboxylic acids is 1. The van der Waals surface area contributed by atoms with E-state index in [1.165, 1.54) is 22.3 Å². The number of carboxylic acids is 1. The fourth-order valence-corrected chi connectivity index (χ4v) is 3.37. The Labute approximate surface area is 146 Å². The molecule has 0 fully saturated rings. The number of amides is 1. The van der Waals surface area contributed by atoms with Crippen LogP contribution in [0.1, 0.15) is 31.8 Å². The van der Waals surface area contributed by atoms with Crippen molar-refractivity contribution in [1.29, 1.82) is 0 Å². The fraction of sp³-hybridized carbons (Fsp3) is 0.167. The van der Waals surface area contributed by atoms with Crippen LogP contribution in [0.15, 0.2) is 39.5 Å². The molecule has 3 aromatic rings. The van der Waals surface area contributed by atoms with Crippen LogP contribution < -0.4 is 10.5 Å². The van der Waals surface area contributed by atoms with Crippen LogP contribution in [0.5, 0.6) is 0 Å². The summed E-state index contributed by atoms with van der Waals surface area (Å²) in [6.07, 6.45) is 0. The Kier molecular flexibility index (Phi) is 4.18. The van der Waals surface area contributed by atoms with Crippen molar-refractivity contribution in [2.45, 2.75) is 13.8 Å². The van der Waals surface area contributed by atoms with Crippen LogP contribution in [0.25, 0.3) is 10.3 Å². The molecule has 0 aliphatic heterocycles. The van der Waals surface area contributed by atoms with Crippen LogP contribution in [0.3, 0.4) is 0 Å². The number of aryl methyl sites for hydroxylation is 2. The normalized spacial score (nSPS) is 10.8. The molecule has 0 spiro atoms. The minimum atomic E-state index is -1.34. The summed E-state index contributed by atoms with van der Waals surface area (Å²) in [5.41, 5.74) is 1.60. The first-order valence-electron chi connectivity index (χ1n) is 7.44. The molecular weight excluding hydrogens is 342 g/mol. The van der Waals surface area contributed by atoms with Crippen molar-refractivity contribution in [3.8, 4) is 0 Å². The first-order chi connectivity index (χ1) is 11.8. The molecule has 0 bridgehead atoms. The summed E-state index contributed by atoms with van der Waals surface area (Å²) in [5, 5.41) is 9.57. The molecule has 3 rings (SSSR count). The van der Waals surface area contributed by atoms with Crippen molar-refractivity contribution in [3.63, 3.8) is 0 Å². The third kappa shape index (κ3) is 3.06. The summed E-state index contributed by atoms with van der Waals surface area (Å²) < 4.78 is 5.53. The molecule has 0 saturated carbocycles. The number of rotatable bonds is 3. The average Bonchev–Trinajstić information content (AvgIpc) is 2.97.